The molecule has 25 heavy (non-hydrogen) atoms. The second-order valence-electron chi connectivity index (χ2n) is 7.44. The molecule has 0 spiro atoms. The van der Waals surface area contributed by atoms with Gasteiger partial charge in [0.1, 0.15) is 11.1 Å². The molecular weight excluding hydrogens is 332 g/mol. The number of thiazole rings is 1. The van der Waals surface area contributed by atoms with Gasteiger partial charge < -0.3 is 15.0 Å². The summed E-state index contributed by atoms with van der Waals surface area (Å²) >= 11 is 1.67. The molecule has 1 unspecified atom stereocenters. The molecule has 0 aliphatic heterocycles. The molecule has 0 bridgehead atoms. The van der Waals surface area contributed by atoms with Gasteiger partial charge in [-0.15, -0.1) is 11.3 Å². The lowest BCUT2D eigenvalue weighted by atomic mass is 9.98. The predicted octanol–water partition coefficient (Wildman–Crippen LogP) is 3.68. The minimum absolute atomic E-state index is 0.0591. The number of aromatic nitrogens is 1. The van der Waals surface area contributed by atoms with E-state index in [-0.39, 0.29) is 6.10 Å². The molecule has 0 radical (unpaired) electrons. The van der Waals surface area contributed by atoms with E-state index in [1.54, 1.807) is 18.4 Å². The molecule has 1 aromatic heterocycles. The Morgan fingerprint density at radius 1 is 1.40 bits per heavy atom. The van der Waals surface area contributed by atoms with E-state index >= 15 is 0 Å². The number of ether oxygens (including phenoxy) is 1. The second kappa shape index (κ2) is 8.49. The van der Waals surface area contributed by atoms with Crippen molar-refractivity contribution in [3.8, 4) is 0 Å². The lowest BCUT2D eigenvalue weighted by Crippen LogP contribution is -2.39. The first-order chi connectivity index (χ1) is 12.1. The number of guanidine groups is 1. The Kier molecular flexibility index (Phi) is 6.34. The Morgan fingerprint density at radius 2 is 2.08 bits per heavy atom. The summed E-state index contributed by atoms with van der Waals surface area (Å²) in [7, 11) is 3.83. The van der Waals surface area contributed by atoms with Crippen molar-refractivity contribution in [2.45, 2.75) is 52.2 Å². The van der Waals surface area contributed by atoms with Crippen molar-refractivity contribution >= 4 is 17.3 Å². The van der Waals surface area contributed by atoms with Crippen LogP contribution in [-0.4, -0.2) is 43.1 Å². The Bertz CT molecular complexity index is 568. The molecule has 0 aromatic carbocycles. The van der Waals surface area contributed by atoms with Crippen molar-refractivity contribution in [3.05, 3.63) is 16.1 Å². The van der Waals surface area contributed by atoms with Crippen molar-refractivity contribution in [2.75, 3.05) is 27.2 Å². The smallest absolute Gasteiger partial charge is 0.194 e. The molecule has 0 saturated heterocycles. The minimum Gasteiger partial charge on any atom is -0.375 e. The second-order valence-corrected chi connectivity index (χ2v) is 8.33. The van der Waals surface area contributed by atoms with Gasteiger partial charge in [0.25, 0.3) is 0 Å². The molecular formula is C19H32N4OS. The Morgan fingerprint density at radius 3 is 2.64 bits per heavy atom. The van der Waals surface area contributed by atoms with E-state index in [1.807, 2.05) is 6.92 Å². The molecule has 0 amide bonds. The predicted molar refractivity (Wildman–Crippen MR) is 104 cm³/mol. The summed E-state index contributed by atoms with van der Waals surface area (Å²) in [5, 5.41) is 6.61. The van der Waals surface area contributed by atoms with Gasteiger partial charge in [-0.25, -0.2) is 4.98 Å². The molecule has 1 aromatic rings. The average molecular weight is 365 g/mol. The number of aliphatic imine (C=N–C) groups is 1. The van der Waals surface area contributed by atoms with Crippen LogP contribution in [0.5, 0.6) is 0 Å². The Balaban J connectivity index is 1.60. The van der Waals surface area contributed by atoms with Crippen LogP contribution in [0.2, 0.25) is 0 Å². The maximum absolute atomic E-state index is 5.36. The quantitative estimate of drug-likeness (QED) is 0.536. The zero-order valence-electron chi connectivity index (χ0n) is 16.0. The molecule has 3 rings (SSSR count). The molecule has 2 aliphatic carbocycles. The molecule has 140 valence electrons. The van der Waals surface area contributed by atoms with E-state index in [0.29, 0.717) is 0 Å². The summed E-state index contributed by atoms with van der Waals surface area (Å²) in [6, 6.07) is 0. The first kappa shape index (κ1) is 18.6. The van der Waals surface area contributed by atoms with Crippen LogP contribution < -0.4 is 5.32 Å². The third-order valence-corrected chi connectivity index (χ3v) is 6.33. The monoisotopic (exact) mass is 364 g/mol. The first-order valence-electron chi connectivity index (χ1n) is 9.58. The van der Waals surface area contributed by atoms with Crippen molar-refractivity contribution in [1.82, 2.24) is 15.2 Å². The largest absolute Gasteiger partial charge is 0.375 e. The summed E-state index contributed by atoms with van der Waals surface area (Å²) in [5.41, 5.74) is 1.08. The van der Waals surface area contributed by atoms with E-state index < -0.39 is 0 Å². The highest BCUT2D eigenvalue weighted by Crippen LogP contribution is 2.49. The standard InChI is InChI=1S/C19H32N4OS/c1-5-20-19(21-10-17(14-6-7-14)15-8-9-15)23(3)11-16-12-25-18(22-16)13(2)24-4/h12-15,17H,5-11H2,1-4H3,(H,20,21). The summed E-state index contributed by atoms with van der Waals surface area (Å²) < 4.78 is 5.36. The van der Waals surface area contributed by atoms with E-state index in [0.717, 1.165) is 54.0 Å². The first-order valence-corrected chi connectivity index (χ1v) is 10.5. The summed E-state index contributed by atoms with van der Waals surface area (Å²) in [6.45, 7) is 6.81. The van der Waals surface area contributed by atoms with Gasteiger partial charge in [0, 0.05) is 32.6 Å². The highest BCUT2D eigenvalue weighted by molar-refractivity contribution is 7.09. The number of rotatable bonds is 9. The fourth-order valence-corrected chi connectivity index (χ4v) is 4.24. The Hall–Kier alpha value is -1.14. The highest BCUT2D eigenvalue weighted by Gasteiger charge is 2.41. The van der Waals surface area contributed by atoms with E-state index in [9.17, 15) is 0 Å². The molecule has 1 N–H and O–H groups in total. The zero-order chi connectivity index (χ0) is 17.8. The number of methoxy groups -OCH3 is 1. The van der Waals surface area contributed by atoms with Crippen LogP contribution in [0.1, 0.15) is 56.3 Å². The topological polar surface area (TPSA) is 49.8 Å². The van der Waals surface area contributed by atoms with Gasteiger partial charge >= 0.3 is 0 Å². The van der Waals surface area contributed by atoms with Crippen LogP contribution in [-0.2, 0) is 11.3 Å². The molecule has 6 heteroatoms. The third kappa shape index (κ3) is 5.17. The van der Waals surface area contributed by atoms with Gasteiger partial charge in [-0.1, -0.05) is 0 Å². The number of nitrogens with zero attached hydrogens (tertiary/aromatic N) is 3. The van der Waals surface area contributed by atoms with Crippen LogP contribution in [0.25, 0.3) is 0 Å². The lowest BCUT2D eigenvalue weighted by Gasteiger charge is -2.22. The van der Waals surface area contributed by atoms with Gasteiger partial charge in [0.15, 0.2) is 5.96 Å². The molecule has 1 heterocycles. The van der Waals surface area contributed by atoms with Crippen LogP contribution in [0.4, 0.5) is 0 Å². The Labute approximate surface area is 155 Å². The zero-order valence-corrected chi connectivity index (χ0v) is 16.8. The molecule has 2 aliphatic rings. The summed E-state index contributed by atoms with van der Waals surface area (Å²) in [5.74, 6) is 3.71. The van der Waals surface area contributed by atoms with Crippen molar-refractivity contribution in [2.24, 2.45) is 22.7 Å². The van der Waals surface area contributed by atoms with E-state index in [1.165, 1.54) is 25.7 Å². The molecule has 2 fully saturated rings. The minimum atomic E-state index is 0.0591. The van der Waals surface area contributed by atoms with Crippen LogP contribution in [0.3, 0.4) is 0 Å². The maximum Gasteiger partial charge on any atom is 0.194 e. The SMILES string of the molecule is CCNC(=NCC(C1CC1)C1CC1)N(C)Cc1csc(C(C)OC)n1. The van der Waals surface area contributed by atoms with Crippen molar-refractivity contribution < 1.29 is 4.74 Å². The van der Waals surface area contributed by atoms with Gasteiger partial charge in [-0.2, -0.15) is 0 Å². The lowest BCUT2D eigenvalue weighted by molar-refractivity contribution is 0.119. The van der Waals surface area contributed by atoms with Gasteiger partial charge in [0.05, 0.1) is 12.2 Å². The normalized spacial score (nSPS) is 19.3. The fourth-order valence-electron chi connectivity index (χ4n) is 3.39. The summed E-state index contributed by atoms with van der Waals surface area (Å²) in [4.78, 5) is 11.9. The fraction of sp³-hybridized carbons (Fsp3) is 0.789. The number of nitrogens with one attached hydrogen (secondary N) is 1. The molecule has 1 atom stereocenters. The number of hydrogen-bond donors (Lipinski definition) is 1. The highest BCUT2D eigenvalue weighted by atomic mass is 32.1. The van der Waals surface area contributed by atoms with Gasteiger partial charge in [-0.3, -0.25) is 4.99 Å². The molecule has 2 saturated carbocycles. The third-order valence-electron chi connectivity index (χ3n) is 5.27. The van der Waals surface area contributed by atoms with Crippen LogP contribution in [0.15, 0.2) is 10.4 Å². The van der Waals surface area contributed by atoms with Crippen molar-refractivity contribution in [1.29, 1.82) is 0 Å². The van der Waals surface area contributed by atoms with E-state index in [2.05, 4.69) is 29.6 Å². The molecule has 5 nitrogen and oxygen atoms in total. The average Bonchev–Trinajstić information content (AvgIpc) is 3.53. The van der Waals surface area contributed by atoms with Crippen LogP contribution >= 0.6 is 11.3 Å². The summed E-state index contributed by atoms with van der Waals surface area (Å²) in [6.07, 6.45) is 5.74. The van der Waals surface area contributed by atoms with E-state index in [4.69, 9.17) is 14.7 Å². The van der Waals surface area contributed by atoms with Crippen LogP contribution in [0, 0.1) is 17.8 Å². The number of hydrogen-bond acceptors (Lipinski definition) is 4. The maximum atomic E-state index is 5.36. The van der Waals surface area contributed by atoms with Gasteiger partial charge in [-0.05, 0) is 57.3 Å². The van der Waals surface area contributed by atoms with Crippen molar-refractivity contribution in [3.63, 3.8) is 0 Å². The van der Waals surface area contributed by atoms with Gasteiger partial charge in [0.2, 0.25) is 0 Å².